The summed E-state index contributed by atoms with van der Waals surface area (Å²) in [5.74, 6) is 0.355. The van der Waals surface area contributed by atoms with Gasteiger partial charge in [0.25, 0.3) is 0 Å². The summed E-state index contributed by atoms with van der Waals surface area (Å²) in [6, 6.07) is 7.89. The molecular weight excluding hydrogens is 452 g/mol. The summed E-state index contributed by atoms with van der Waals surface area (Å²) >= 11 is 0. The Bertz CT molecular complexity index is 969. The first-order valence-electron chi connectivity index (χ1n) is 12.7. The highest BCUT2D eigenvalue weighted by Crippen LogP contribution is 2.29. The highest BCUT2D eigenvalue weighted by molar-refractivity contribution is 7.91. The van der Waals surface area contributed by atoms with E-state index in [-0.39, 0.29) is 35.4 Å². The van der Waals surface area contributed by atoms with Gasteiger partial charge in [0.05, 0.1) is 24.6 Å². The summed E-state index contributed by atoms with van der Waals surface area (Å²) in [7, 11) is -3.03. The molecule has 1 unspecified atom stereocenters. The maximum Gasteiger partial charge on any atom is 0.238 e. The molecule has 1 aliphatic carbocycles. The molecule has 2 amide bonds. The minimum Gasteiger partial charge on any atom is -0.335 e. The van der Waals surface area contributed by atoms with Crippen molar-refractivity contribution >= 4 is 27.3 Å². The molecule has 3 fully saturated rings. The zero-order valence-electron chi connectivity index (χ0n) is 20.2. The predicted molar refractivity (Wildman–Crippen MR) is 133 cm³/mol. The van der Waals surface area contributed by atoms with Crippen LogP contribution in [0.3, 0.4) is 0 Å². The number of carbonyl (C=O) groups excluding carboxylic acids is 2. The van der Waals surface area contributed by atoms with Gasteiger partial charge < -0.3 is 10.2 Å². The number of piperazine rings is 1. The van der Waals surface area contributed by atoms with Gasteiger partial charge in [-0.1, -0.05) is 38.0 Å². The van der Waals surface area contributed by atoms with Gasteiger partial charge in [-0.2, -0.15) is 0 Å². The molecule has 0 aromatic heterocycles. The summed E-state index contributed by atoms with van der Waals surface area (Å²) in [6.45, 7) is 5.67. The van der Waals surface area contributed by atoms with Gasteiger partial charge in [0.2, 0.25) is 11.8 Å². The number of sulfone groups is 1. The van der Waals surface area contributed by atoms with Crippen LogP contribution < -0.4 is 5.32 Å². The van der Waals surface area contributed by atoms with Crippen molar-refractivity contribution in [3.05, 3.63) is 29.8 Å². The van der Waals surface area contributed by atoms with Crippen LogP contribution in [-0.2, 0) is 25.8 Å². The van der Waals surface area contributed by atoms with Gasteiger partial charge >= 0.3 is 0 Å². The Labute approximate surface area is 203 Å². The lowest BCUT2D eigenvalue weighted by atomic mass is 10.1. The number of nitrogens with one attached hydrogen (secondary N) is 1. The van der Waals surface area contributed by atoms with E-state index in [1.165, 1.54) is 0 Å². The first kappa shape index (κ1) is 25.1. The van der Waals surface area contributed by atoms with E-state index in [0.29, 0.717) is 19.5 Å². The van der Waals surface area contributed by atoms with Crippen LogP contribution in [0, 0.1) is 0 Å². The second-order valence-electron chi connectivity index (χ2n) is 9.91. The van der Waals surface area contributed by atoms with Crippen molar-refractivity contribution in [3.8, 4) is 0 Å². The normalized spacial score (nSPS) is 23.7. The molecule has 34 heavy (non-hydrogen) atoms. The third-order valence-electron chi connectivity index (χ3n) is 7.47. The molecule has 0 bridgehead atoms. The Morgan fingerprint density at radius 3 is 2.24 bits per heavy atom. The number of rotatable bonds is 8. The Balaban J connectivity index is 1.27. The van der Waals surface area contributed by atoms with E-state index in [1.807, 2.05) is 29.2 Å². The number of nitrogens with zero attached hydrogens (tertiary/aromatic N) is 3. The van der Waals surface area contributed by atoms with E-state index in [4.69, 9.17) is 0 Å². The molecule has 8 nitrogen and oxygen atoms in total. The molecule has 0 radical (unpaired) electrons. The molecule has 0 spiro atoms. The minimum atomic E-state index is -3.03. The number of hydrogen-bond donors (Lipinski definition) is 1. The Morgan fingerprint density at radius 1 is 0.971 bits per heavy atom. The zero-order chi connectivity index (χ0) is 24.1. The molecule has 2 saturated heterocycles. The Hall–Kier alpha value is -1.97. The minimum absolute atomic E-state index is 0.0136. The summed E-state index contributed by atoms with van der Waals surface area (Å²) in [4.78, 5) is 32.1. The molecule has 1 saturated carbocycles. The second kappa shape index (κ2) is 11.2. The van der Waals surface area contributed by atoms with Crippen LogP contribution in [0.25, 0.3) is 0 Å². The highest BCUT2D eigenvalue weighted by atomic mass is 32.2. The fourth-order valence-electron chi connectivity index (χ4n) is 5.60. The van der Waals surface area contributed by atoms with Gasteiger partial charge in [-0.25, -0.2) is 8.42 Å². The van der Waals surface area contributed by atoms with E-state index >= 15 is 0 Å². The lowest BCUT2D eigenvalue weighted by Gasteiger charge is -2.38. The van der Waals surface area contributed by atoms with Crippen LogP contribution in [0.1, 0.15) is 44.6 Å². The number of carbonyl (C=O) groups is 2. The van der Waals surface area contributed by atoms with Crippen LogP contribution in [-0.4, -0.2) is 97.8 Å². The van der Waals surface area contributed by atoms with Crippen molar-refractivity contribution in [2.75, 3.05) is 56.1 Å². The van der Waals surface area contributed by atoms with E-state index in [9.17, 15) is 18.0 Å². The number of para-hydroxylation sites is 1. The highest BCUT2D eigenvalue weighted by Gasteiger charge is 2.39. The molecule has 4 rings (SSSR count). The predicted octanol–water partition coefficient (Wildman–Crippen LogP) is 1.76. The molecule has 188 valence electrons. The maximum atomic E-state index is 13.3. The standard InChI is InChI=1S/C25H38N4O4S/c1-2-20-7-3-6-10-23(20)26-24(30)17-27-12-14-28(15-13-27)18-25(31)29(21-8-4-5-9-21)22-11-16-34(32,33)19-22/h3,6-7,10,21-22H,2,4-5,8-9,11-19H2,1H3,(H,26,30). The van der Waals surface area contributed by atoms with Crippen molar-refractivity contribution in [1.29, 1.82) is 0 Å². The third-order valence-corrected chi connectivity index (χ3v) is 9.22. The number of amides is 2. The van der Waals surface area contributed by atoms with E-state index in [2.05, 4.69) is 22.0 Å². The number of aryl methyl sites for hydroxylation is 1. The van der Waals surface area contributed by atoms with Gasteiger partial charge in [0, 0.05) is 44.0 Å². The summed E-state index contributed by atoms with van der Waals surface area (Å²) < 4.78 is 24.1. The molecule has 1 N–H and O–H groups in total. The monoisotopic (exact) mass is 490 g/mol. The number of hydrogen-bond acceptors (Lipinski definition) is 6. The number of anilines is 1. The van der Waals surface area contributed by atoms with Gasteiger partial charge in [-0.15, -0.1) is 0 Å². The largest absolute Gasteiger partial charge is 0.335 e. The first-order chi connectivity index (χ1) is 16.3. The van der Waals surface area contributed by atoms with Gasteiger partial charge in [0.1, 0.15) is 0 Å². The molecule has 2 heterocycles. The quantitative estimate of drug-likeness (QED) is 0.597. The summed E-state index contributed by atoms with van der Waals surface area (Å²) in [6.07, 6.45) is 5.61. The van der Waals surface area contributed by atoms with E-state index < -0.39 is 9.84 Å². The molecule has 3 aliphatic rings. The first-order valence-corrected chi connectivity index (χ1v) is 14.5. The average molecular weight is 491 g/mol. The summed E-state index contributed by atoms with van der Waals surface area (Å²) in [5, 5.41) is 3.03. The fraction of sp³-hybridized carbons (Fsp3) is 0.680. The van der Waals surface area contributed by atoms with Crippen LogP contribution in [0.2, 0.25) is 0 Å². The number of benzene rings is 1. The van der Waals surface area contributed by atoms with Crippen LogP contribution >= 0.6 is 0 Å². The third kappa shape index (κ3) is 6.37. The lowest BCUT2D eigenvalue weighted by molar-refractivity contribution is -0.137. The van der Waals surface area contributed by atoms with Gasteiger partial charge in [-0.3, -0.25) is 19.4 Å². The van der Waals surface area contributed by atoms with Crippen LogP contribution in [0.15, 0.2) is 24.3 Å². The molecule has 1 aromatic carbocycles. The van der Waals surface area contributed by atoms with Crippen molar-refractivity contribution < 1.29 is 18.0 Å². The van der Waals surface area contributed by atoms with E-state index in [1.54, 1.807) is 0 Å². The maximum absolute atomic E-state index is 13.3. The summed E-state index contributed by atoms with van der Waals surface area (Å²) in [5.41, 5.74) is 2.00. The molecule has 1 aromatic rings. The Morgan fingerprint density at radius 2 is 1.62 bits per heavy atom. The molecule has 2 aliphatic heterocycles. The lowest BCUT2D eigenvalue weighted by Crippen LogP contribution is -2.54. The van der Waals surface area contributed by atoms with Crippen molar-refractivity contribution in [2.45, 2.75) is 57.5 Å². The second-order valence-corrected chi connectivity index (χ2v) is 12.1. The zero-order valence-corrected chi connectivity index (χ0v) is 21.1. The van der Waals surface area contributed by atoms with Crippen molar-refractivity contribution in [1.82, 2.24) is 14.7 Å². The topological polar surface area (TPSA) is 90.0 Å². The van der Waals surface area contributed by atoms with E-state index in [0.717, 1.165) is 69.5 Å². The average Bonchev–Trinajstić information content (AvgIpc) is 3.45. The Kier molecular flexibility index (Phi) is 8.26. The SMILES string of the molecule is CCc1ccccc1NC(=O)CN1CCN(CC(=O)N(C2CCCC2)C2CCS(=O)(=O)C2)CC1. The smallest absolute Gasteiger partial charge is 0.238 e. The van der Waals surface area contributed by atoms with Gasteiger partial charge in [0.15, 0.2) is 9.84 Å². The van der Waals surface area contributed by atoms with Crippen LogP contribution in [0.5, 0.6) is 0 Å². The molecular formula is C25H38N4O4S. The van der Waals surface area contributed by atoms with Crippen molar-refractivity contribution in [2.24, 2.45) is 0 Å². The van der Waals surface area contributed by atoms with Crippen molar-refractivity contribution in [3.63, 3.8) is 0 Å². The molecule has 1 atom stereocenters. The molecule has 9 heteroatoms. The van der Waals surface area contributed by atoms with Crippen LogP contribution in [0.4, 0.5) is 5.69 Å². The fourth-order valence-corrected chi connectivity index (χ4v) is 7.32. The van der Waals surface area contributed by atoms with Gasteiger partial charge in [-0.05, 0) is 37.3 Å².